The first-order valence-electron chi connectivity index (χ1n) is 9.33. The van der Waals surface area contributed by atoms with Gasteiger partial charge in [-0.1, -0.05) is 0 Å². The van der Waals surface area contributed by atoms with Crippen LogP contribution in [0.1, 0.15) is 23.7 Å². The van der Waals surface area contributed by atoms with Crippen LogP contribution in [0.2, 0.25) is 0 Å². The molecule has 2 aromatic heterocycles. The first-order chi connectivity index (χ1) is 14.3. The maximum Gasteiger partial charge on any atom is 0.419 e. The molecule has 1 aromatic carbocycles. The predicted molar refractivity (Wildman–Crippen MR) is 103 cm³/mol. The fourth-order valence-corrected chi connectivity index (χ4v) is 3.60. The molecule has 0 saturated carbocycles. The summed E-state index contributed by atoms with van der Waals surface area (Å²) in [4.78, 5) is 8.06. The van der Waals surface area contributed by atoms with Crippen molar-refractivity contribution in [3.63, 3.8) is 0 Å². The van der Waals surface area contributed by atoms with Crippen LogP contribution >= 0.6 is 0 Å². The van der Waals surface area contributed by atoms with Gasteiger partial charge in [0.25, 0.3) is 0 Å². The molecule has 1 aliphatic heterocycles. The number of nitrogens with two attached hydrogens (primary N) is 1. The SMILES string of the molecule is COc1cc(-n2nc(-c3cnc(N)nc3)c3c2C[C@@H](C)OCC3)ccc1C(F)(F)F. The third-order valence-corrected chi connectivity index (χ3v) is 5.01. The molecule has 1 aliphatic rings. The van der Waals surface area contributed by atoms with Gasteiger partial charge in [0.1, 0.15) is 5.75 Å². The van der Waals surface area contributed by atoms with Gasteiger partial charge in [0.15, 0.2) is 0 Å². The second-order valence-electron chi connectivity index (χ2n) is 7.03. The van der Waals surface area contributed by atoms with Crippen molar-refractivity contribution in [3.8, 4) is 22.7 Å². The van der Waals surface area contributed by atoms with Gasteiger partial charge in [-0.2, -0.15) is 18.3 Å². The predicted octanol–water partition coefficient (Wildman–Crippen LogP) is 3.44. The summed E-state index contributed by atoms with van der Waals surface area (Å²) in [5, 5.41) is 4.71. The molecule has 3 aromatic rings. The Morgan fingerprint density at radius 2 is 1.97 bits per heavy atom. The van der Waals surface area contributed by atoms with Gasteiger partial charge >= 0.3 is 6.18 Å². The van der Waals surface area contributed by atoms with E-state index in [0.717, 1.165) is 17.3 Å². The van der Waals surface area contributed by atoms with Gasteiger partial charge in [0.05, 0.1) is 42.5 Å². The van der Waals surface area contributed by atoms with Crippen LogP contribution in [0.25, 0.3) is 16.9 Å². The van der Waals surface area contributed by atoms with Crippen molar-refractivity contribution < 1.29 is 22.6 Å². The number of halogens is 3. The topological polar surface area (TPSA) is 88.1 Å². The summed E-state index contributed by atoms with van der Waals surface area (Å²) in [7, 11) is 1.21. The van der Waals surface area contributed by atoms with Crippen molar-refractivity contribution in [2.75, 3.05) is 19.5 Å². The van der Waals surface area contributed by atoms with Crippen molar-refractivity contribution in [1.82, 2.24) is 19.7 Å². The molecular weight excluding hydrogens is 399 g/mol. The summed E-state index contributed by atoms with van der Waals surface area (Å²) >= 11 is 0. The largest absolute Gasteiger partial charge is 0.496 e. The van der Waals surface area contributed by atoms with E-state index >= 15 is 0 Å². The molecule has 0 radical (unpaired) electrons. The Kier molecular flexibility index (Phi) is 5.10. The molecule has 10 heteroatoms. The second-order valence-corrected chi connectivity index (χ2v) is 7.03. The normalized spacial score (nSPS) is 16.8. The number of methoxy groups -OCH3 is 1. The van der Waals surface area contributed by atoms with Gasteiger partial charge in [-0.05, 0) is 25.5 Å². The Morgan fingerprint density at radius 3 is 2.63 bits per heavy atom. The molecule has 1 atom stereocenters. The highest BCUT2D eigenvalue weighted by Crippen LogP contribution is 2.38. The van der Waals surface area contributed by atoms with Crippen LogP contribution in [-0.4, -0.2) is 39.6 Å². The summed E-state index contributed by atoms with van der Waals surface area (Å²) in [6.07, 6.45) is -0.248. The average molecular weight is 419 g/mol. The molecule has 4 rings (SSSR count). The number of nitrogen functional groups attached to an aromatic ring is 1. The van der Waals surface area contributed by atoms with Crippen LogP contribution in [-0.2, 0) is 23.8 Å². The minimum atomic E-state index is -4.51. The zero-order valence-corrected chi connectivity index (χ0v) is 16.4. The molecule has 30 heavy (non-hydrogen) atoms. The zero-order valence-electron chi connectivity index (χ0n) is 16.4. The van der Waals surface area contributed by atoms with E-state index in [1.165, 1.54) is 19.2 Å². The quantitative estimate of drug-likeness (QED) is 0.700. The first-order valence-corrected chi connectivity index (χ1v) is 9.33. The van der Waals surface area contributed by atoms with Gasteiger partial charge in [-0.25, -0.2) is 14.6 Å². The molecular formula is C20H20F3N5O2. The molecule has 0 bridgehead atoms. The van der Waals surface area contributed by atoms with E-state index in [-0.39, 0.29) is 17.8 Å². The number of benzene rings is 1. The number of fused-ring (bicyclic) bond motifs is 1. The molecule has 7 nitrogen and oxygen atoms in total. The minimum absolute atomic E-state index is 0.0615. The average Bonchev–Trinajstić information content (AvgIpc) is 2.93. The number of nitrogens with zero attached hydrogens (tertiary/aromatic N) is 4. The van der Waals surface area contributed by atoms with Crippen molar-refractivity contribution in [2.45, 2.75) is 32.0 Å². The summed E-state index contributed by atoms with van der Waals surface area (Å²) < 4.78 is 52.2. The molecule has 0 amide bonds. The standard InChI is InChI=1S/C20H20F3N5O2/c1-11-7-16-14(5-6-30-11)18(12-9-25-19(24)26-10-12)27-28(16)13-3-4-15(20(21,22)23)17(8-13)29-2/h3-4,8-11H,5-7H2,1-2H3,(H2,24,25,26)/t11-/m1/s1. The molecule has 0 saturated heterocycles. The number of rotatable bonds is 3. The van der Waals surface area contributed by atoms with Crippen molar-refractivity contribution in [2.24, 2.45) is 0 Å². The van der Waals surface area contributed by atoms with Crippen LogP contribution in [0.3, 0.4) is 0 Å². The summed E-state index contributed by atoms with van der Waals surface area (Å²) in [5.74, 6) is -0.117. The lowest BCUT2D eigenvalue weighted by Crippen LogP contribution is -2.14. The third kappa shape index (κ3) is 3.70. The van der Waals surface area contributed by atoms with Crippen LogP contribution in [0.4, 0.5) is 19.1 Å². The van der Waals surface area contributed by atoms with Gasteiger partial charge < -0.3 is 15.2 Å². The smallest absolute Gasteiger partial charge is 0.419 e. The molecule has 0 aliphatic carbocycles. The van der Waals surface area contributed by atoms with E-state index in [4.69, 9.17) is 20.3 Å². The second kappa shape index (κ2) is 7.60. The number of hydrogen-bond donors (Lipinski definition) is 1. The Hall–Kier alpha value is -3.14. The lowest BCUT2D eigenvalue weighted by atomic mass is 10.0. The molecule has 0 spiro atoms. The Labute approximate surface area is 170 Å². The van der Waals surface area contributed by atoms with E-state index < -0.39 is 11.7 Å². The molecule has 0 fully saturated rings. The summed E-state index contributed by atoms with van der Waals surface area (Å²) in [6.45, 7) is 2.46. The number of aromatic nitrogens is 4. The lowest BCUT2D eigenvalue weighted by Gasteiger charge is -2.15. The van der Waals surface area contributed by atoms with Crippen molar-refractivity contribution in [1.29, 1.82) is 0 Å². The van der Waals surface area contributed by atoms with Gasteiger partial charge in [0.2, 0.25) is 5.95 Å². The maximum atomic E-state index is 13.3. The molecule has 2 N–H and O–H groups in total. The fraction of sp³-hybridized carbons (Fsp3) is 0.350. The molecule has 158 valence electrons. The summed E-state index contributed by atoms with van der Waals surface area (Å²) in [6, 6.07) is 3.74. The van der Waals surface area contributed by atoms with Crippen LogP contribution in [0.15, 0.2) is 30.6 Å². The van der Waals surface area contributed by atoms with Crippen molar-refractivity contribution in [3.05, 3.63) is 47.4 Å². The Morgan fingerprint density at radius 1 is 1.23 bits per heavy atom. The highest BCUT2D eigenvalue weighted by Gasteiger charge is 2.35. The number of anilines is 1. The zero-order chi connectivity index (χ0) is 21.5. The van der Waals surface area contributed by atoms with Gasteiger partial charge in [-0.3, -0.25) is 0 Å². The first kappa shape index (κ1) is 20.1. The Bertz CT molecular complexity index is 1060. The number of hydrogen-bond acceptors (Lipinski definition) is 6. The van der Waals surface area contributed by atoms with E-state index in [0.29, 0.717) is 36.4 Å². The van der Waals surface area contributed by atoms with Gasteiger partial charge in [-0.15, -0.1) is 0 Å². The molecule has 3 heterocycles. The minimum Gasteiger partial charge on any atom is -0.496 e. The van der Waals surface area contributed by atoms with Crippen molar-refractivity contribution >= 4 is 5.95 Å². The molecule has 0 unspecified atom stereocenters. The van der Waals surface area contributed by atoms with Gasteiger partial charge in [0, 0.05) is 36.0 Å². The monoisotopic (exact) mass is 419 g/mol. The Balaban J connectivity index is 1.89. The van der Waals surface area contributed by atoms with E-state index in [1.54, 1.807) is 17.1 Å². The van der Waals surface area contributed by atoms with E-state index in [9.17, 15) is 13.2 Å². The summed E-state index contributed by atoms with van der Waals surface area (Å²) in [5.41, 5.74) is 8.37. The van der Waals surface area contributed by atoms with Crippen LogP contribution in [0, 0.1) is 0 Å². The number of alkyl halides is 3. The lowest BCUT2D eigenvalue weighted by molar-refractivity contribution is -0.138. The third-order valence-electron chi connectivity index (χ3n) is 5.01. The van der Waals surface area contributed by atoms with Crippen LogP contribution in [0.5, 0.6) is 5.75 Å². The number of ether oxygens (including phenoxy) is 2. The fourth-order valence-electron chi connectivity index (χ4n) is 3.60. The maximum absolute atomic E-state index is 13.3. The van der Waals surface area contributed by atoms with E-state index in [1.807, 2.05) is 6.92 Å². The highest BCUT2D eigenvalue weighted by molar-refractivity contribution is 5.64. The highest BCUT2D eigenvalue weighted by atomic mass is 19.4. The van der Waals surface area contributed by atoms with Crippen LogP contribution < -0.4 is 10.5 Å². The van der Waals surface area contributed by atoms with E-state index in [2.05, 4.69) is 9.97 Å².